The van der Waals surface area contributed by atoms with E-state index in [1.807, 2.05) is 33.8 Å². The van der Waals surface area contributed by atoms with E-state index in [-0.39, 0.29) is 34.9 Å². The summed E-state index contributed by atoms with van der Waals surface area (Å²) in [7, 11) is 1.53. The Hall–Kier alpha value is -4.17. The molecule has 2 amide bonds. The fourth-order valence-electron chi connectivity index (χ4n) is 6.38. The molecule has 1 aromatic rings. The van der Waals surface area contributed by atoms with E-state index < -0.39 is 41.8 Å². The molecule has 2 aliphatic rings. The lowest BCUT2D eigenvalue weighted by atomic mass is 9.87. The normalized spacial score (nSPS) is 28.8. The van der Waals surface area contributed by atoms with Gasteiger partial charge in [0.15, 0.2) is 11.4 Å². The van der Waals surface area contributed by atoms with E-state index in [1.165, 1.54) is 13.2 Å². The average Bonchev–Trinajstić information content (AvgIpc) is 3.51. The van der Waals surface area contributed by atoms with E-state index in [2.05, 4.69) is 17.6 Å². The molecule has 1 aliphatic carbocycles. The maximum absolute atomic E-state index is 13.0. The zero-order valence-electron chi connectivity index (χ0n) is 30.2. The molecular weight excluding hydrogens is 644 g/mol. The largest absolute Gasteiger partial charge is 0.544 e. The fourth-order valence-corrected chi connectivity index (χ4v) is 6.38. The van der Waals surface area contributed by atoms with E-state index in [0.29, 0.717) is 54.6 Å². The first-order valence-corrected chi connectivity index (χ1v) is 17.1. The molecule has 13 heteroatoms. The van der Waals surface area contributed by atoms with Gasteiger partial charge < -0.3 is 56.8 Å². The van der Waals surface area contributed by atoms with Crippen LogP contribution in [0.4, 0.5) is 16.2 Å². The molecule has 0 unspecified atom stereocenters. The number of anilines is 1. The molecule has 50 heavy (non-hydrogen) atoms. The van der Waals surface area contributed by atoms with Crippen LogP contribution < -0.4 is 27.2 Å². The van der Waals surface area contributed by atoms with Crippen LogP contribution in [-0.2, 0) is 25.5 Å². The first-order valence-electron chi connectivity index (χ1n) is 17.1. The Kier molecular flexibility index (Phi) is 16.2. The van der Waals surface area contributed by atoms with Gasteiger partial charge in [0.05, 0.1) is 30.0 Å². The van der Waals surface area contributed by atoms with Gasteiger partial charge in [-0.15, -0.1) is 0 Å². The molecule has 1 aliphatic heterocycles. The van der Waals surface area contributed by atoms with E-state index in [0.717, 1.165) is 12.8 Å². The lowest BCUT2D eigenvalue weighted by Gasteiger charge is -2.29. The van der Waals surface area contributed by atoms with E-state index in [1.54, 1.807) is 36.5 Å². The zero-order chi connectivity index (χ0) is 37.8. The molecule has 1 aromatic carbocycles. The second-order valence-corrected chi connectivity index (χ2v) is 13.7. The smallest absolute Gasteiger partial charge is 0.405 e. The van der Waals surface area contributed by atoms with E-state index in [9.17, 15) is 34.8 Å². The maximum Gasteiger partial charge on any atom is 0.405 e. The molecule has 1 fully saturated rings. The first-order chi connectivity index (χ1) is 23.4. The number of amides is 2. The van der Waals surface area contributed by atoms with Crippen molar-refractivity contribution in [3.05, 3.63) is 59.7 Å². The van der Waals surface area contributed by atoms with Gasteiger partial charge in [-0.3, -0.25) is 4.79 Å². The Bertz CT molecular complexity index is 1450. The lowest BCUT2D eigenvalue weighted by molar-refractivity contribution is -0.562. The van der Waals surface area contributed by atoms with Gasteiger partial charge >= 0.3 is 6.09 Å². The minimum Gasteiger partial charge on any atom is -0.544 e. The van der Waals surface area contributed by atoms with Crippen LogP contribution in [0.3, 0.4) is 0 Å². The Morgan fingerprint density at radius 3 is 2.38 bits per heavy atom. The number of phenolic OH excluding ortho intramolecular Hbond substituents is 2. The number of allylic oxidation sites excluding steroid dienone is 2. The van der Waals surface area contributed by atoms with Crippen LogP contribution in [0.15, 0.2) is 54.2 Å². The second kappa shape index (κ2) is 19.3. The number of aromatic hydroxyl groups is 2. The zero-order valence-corrected chi connectivity index (χ0v) is 30.2. The lowest BCUT2D eigenvalue weighted by Crippen LogP contribution is -2.78. The Labute approximate surface area is 295 Å². The molecule has 0 aromatic heterocycles. The van der Waals surface area contributed by atoms with Crippen molar-refractivity contribution in [2.45, 2.75) is 97.0 Å². The van der Waals surface area contributed by atoms with Crippen LogP contribution in [0.1, 0.15) is 72.3 Å². The molecule has 2 bridgehead atoms. The van der Waals surface area contributed by atoms with Crippen LogP contribution >= 0.6 is 0 Å². The number of quaternary nitrogens is 2. The summed E-state index contributed by atoms with van der Waals surface area (Å²) < 4.78 is 11.1. The predicted octanol–water partition coefficient (Wildman–Crippen LogP) is 1.85. The number of carboxylic acids is 1. The highest BCUT2D eigenvalue weighted by Gasteiger charge is 2.34. The van der Waals surface area contributed by atoms with Crippen molar-refractivity contribution in [3.8, 4) is 11.5 Å². The van der Waals surface area contributed by atoms with Crippen LogP contribution in [-0.4, -0.2) is 70.8 Å². The summed E-state index contributed by atoms with van der Waals surface area (Å²) in [4.78, 5) is 35.0. The van der Waals surface area contributed by atoms with Crippen molar-refractivity contribution in [3.63, 3.8) is 0 Å². The topological polar surface area (TPSA) is 236 Å². The predicted molar refractivity (Wildman–Crippen MR) is 188 cm³/mol. The third-order valence-corrected chi connectivity index (χ3v) is 9.38. The summed E-state index contributed by atoms with van der Waals surface area (Å²) in [5.74, 6) is -2.43. The van der Waals surface area contributed by atoms with Crippen LogP contribution in [0.25, 0.3) is 0 Å². The summed E-state index contributed by atoms with van der Waals surface area (Å²) in [6.07, 6.45) is 9.67. The van der Waals surface area contributed by atoms with Gasteiger partial charge in [-0.05, 0) is 57.1 Å². The van der Waals surface area contributed by atoms with Crippen molar-refractivity contribution in [2.75, 3.05) is 19.0 Å². The van der Waals surface area contributed by atoms with E-state index in [4.69, 9.17) is 15.2 Å². The van der Waals surface area contributed by atoms with Crippen LogP contribution in [0, 0.1) is 17.8 Å². The number of carboxylic acid groups (broad SMARTS) is 1. The monoisotopic (exact) mass is 701 g/mol. The molecule has 1 saturated carbocycles. The number of aliphatic hydroxyl groups excluding tert-OH is 1. The molecule has 11 N–H and O–H groups in total. The molecule has 278 valence electrons. The number of benzene rings is 1. The minimum atomic E-state index is -0.986. The number of rotatable bonds is 6. The highest BCUT2D eigenvalue weighted by Crippen LogP contribution is 2.40. The molecule has 3 rings (SSSR count). The molecule has 0 spiro atoms. The number of carbonyl (C=O) groups is 3. The van der Waals surface area contributed by atoms with Gasteiger partial charge in [-0.1, -0.05) is 51.7 Å². The third kappa shape index (κ3) is 11.7. The van der Waals surface area contributed by atoms with Crippen molar-refractivity contribution in [2.24, 2.45) is 23.5 Å². The van der Waals surface area contributed by atoms with Crippen molar-refractivity contribution >= 4 is 29.3 Å². The maximum atomic E-state index is 13.0. The molecular formula is C37H57N4O9+. The van der Waals surface area contributed by atoms with Gasteiger partial charge in [-0.2, -0.15) is 0 Å². The minimum absolute atomic E-state index is 0.0820. The number of primary amides is 1. The standard InChI is InChI=1S/C31H45N3O7.C6H11NO2/c1-8-12-33-26-22-13-17(2)14-25(40-7)27(36)20(5)15-21(6)29(41-31(32)39)18(3)10-9-11-19(4)30(38)34-23(28(22)37)16-24(26)35;7-6(5(8)9)3-1-2-4-6/h8-11,15-18,20,25,27,29,33,35-37H,1,12-14H2,2-7H3,(H2,32,39)(H,34,38);1-4,7H2,(H,8,9)/p+1/b10-9-,19-11+,21-15+;/t17-,18+,20+,25+,27-,29-;/m1./s1. The summed E-state index contributed by atoms with van der Waals surface area (Å²) >= 11 is 0. The Morgan fingerprint density at radius 1 is 1.20 bits per heavy atom. The number of aliphatic hydroxyl groups is 1. The summed E-state index contributed by atoms with van der Waals surface area (Å²) in [5.41, 5.74) is 10.3. The van der Waals surface area contributed by atoms with Gasteiger partial charge in [0.25, 0.3) is 5.91 Å². The van der Waals surface area contributed by atoms with Gasteiger partial charge in [-0.25, -0.2) is 4.79 Å². The average molecular weight is 702 g/mol. The SMILES string of the molecule is C=CC[NH2+]c1c(O)cc2c(O)c1C[C@@H](C)C[C@H](OC)[C@H](O)[C@@H](C)/C=C(\C)[C@H](OC(N)=O)[C@@H](C)/C=C\C=C(/C)C(=O)N2.[NH3+]C1(C(=O)[O-])CCCC1. The van der Waals surface area contributed by atoms with Gasteiger partial charge in [0, 0.05) is 43.4 Å². The van der Waals surface area contributed by atoms with Crippen molar-refractivity contribution in [1.29, 1.82) is 0 Å². The number of methoxy groups -OCH3 is 1. The number of hydrogen-bond acceptors (Lipinski definition) is 9. The summed E-state index contributed by atoms with van der Waals surface area (Å²) in [5, 5.41) is 48.1. The molecule has 1 heterocycles. The van der Waals surface area contributed by atoms with Crippen LogP contribution in [0.5, 0.6) is 11.5 Å². The summed E-state index contributed by atoms with van der Waals surface area (Å²) in [6.45, 7) is 13.3. The van der Waals surface area contributed by atoms with Gasteiger partial charge in [0.1, 0.15) is 23.4 Å². The Morgan fingerprint density at radius 2 is 1.84 bits per heavy atom. The number of carbonyl (C=O) groups excluding carboxylic acids is 3. The number of nitrogens with two attached hydrogens (primary N) is 2. The van der Waals surface area contributed by atoms with Gasteiger partial charge in [0.2, 0.25) is 0 Å². The highest BCUT2D eigenvalue weighted by molar-refractivity contribution is 6.04. The number of nitrogens with one attached hydrogen (secondary N) is 1. The van der Waals surface area contributed by atoms with E-state index >= 15 is 0 Å². The van der Waals surface area contributed by atoms with Crippen LogP contribution in [0.2, 0.25) is 0 Å². The fraction of sp³-hybridized carbons (Fsp3) is 0.541. The number of ether oxygens (including phenoxy) is 2. The molecule has 0 radical (unpaired) electrons. The number of hydrogen-bond donors (Lipinski definition) is 7. The molecule has 6 atom stereocenters. The number of phenols is 2. The summed E-state index contributed by atoms with van der Waals surface area (Å²) in [6, 6.07) is 1.33. The first kappa shape index (κ1) is 42.0. The molecule has 13 nitrogen and oxygen atoms in total. The Balaban J connectivity index is 0.000000831. The molecule has 0 saturated heterocycles. The third-order valence-electron chi connectivity index (χ3n) is 9.38. The quantitative estimate of drug-likeness (QED) is 0.0991. The van der Waals surface area contributed by atoms with Crippen molar-refractivity contribution in [1.82, 2.24) is 0 Å². The number of aliphatic carboxylic acids is 1. The highest BCUT2D eigenvalue weighted by atomic mass is 16.6. The number of fused-ring (bicyclic) bond motifs is 2. The van der Waals surface area contributed by atoms with Crippen molar-refractivity contribution < 1.29 is 55.3 Å². The second-order valence-electron chi connectivity index (χ2n) is 13.7.